The van der Waals surface area contributed by atoms with Crippen LogP contribution in [0.1, 0.15) is 58.0 Å². The smallest absolute Gasteiger partial charge is 0.323 e. The molecule has 1 aliphatic rings. The second-order valence-corrected chi connectivity index (χ2v) is 26.4. The van der Waals surface area contributed by atoms with E-state index >= 15 is 0 Å². The summed E-state index contributed by atoms with van der Waals surface area (Å²) in [6.45, 7) is 9.56. The summed E-state index contributed by atoms with van der Waals surface area (Å²) < 4.78 is 67.5. The fourth-order valence-corrected chi connectivity index (χ4v) is 12.6. The van der Waals surface area contributed by atoms with Gasteiger partial charge in [0.15, 0.2) is 23.3 Å². The highest BCUT2D eigenvalue weighted by atomic mass is 35.5. The Morgan fingerprint density at radius 3 is 1.22 bits per heavy atom. The molecule has 0 saturated heterocycles. The molecule has 105 heavy (non-hydrogen) atoms. The molecule has 8 N–H and O–H groups in total. The summed E-state index contributed by atoms with van der Waals surface area (Å²) >= 11 is 19.1. The summed E-state index contributed by atoms with van der Waals surface area (Å²) in [7, 11) is 0. The van der Waals surface area contributed by atoms with Gasteiger partial charge in [-0.1, -0.05) is 156 Å². The molecule has 16 aromatic rings. The molecule has 16 nitrogen and oxygen atoms in total. The molecule has 1 saturated carbocycles. The summed E-state index contributed by atoms with van der Waals surface area (Å²) in [5.74, 6) is 4.87. The number of halogens is 8. The van der Waals surface area contributed by atoms with E-state index in [-0.39, 0.29) is 17.1 Å². The molecule has 1 aliphatic carbocycles. The van der Waals surface area contributed by atoms with Crippen molar-refractivity contribution >= 4 is 125 Å². The Hall–Kier alpha value is -12.0. The minimum Gasteiger partial charge on any atom is -0.323 e. The third-order valence-electron chi connectivity index (χ3n) is 17.8. The molecule has 24 heteroatoms. The van der Waals surface area contributed by atoms with Gasteiger partial charge in [0, 0.05) is 88.3 Å². The van der Waals surface area contributed by atoms with Gasteiger partial charge in [0.1, 0.15) is 34.9 Å². The number of benzene rings is 8. The van der Waals surface area contributed by atoms with Crippen LogP contribution < -0.4 is 21.3 Å². The van der Waals surface area contributed by atoms with E-state index in [1.807, 2.05) is 136 Å². The number of aromatic nitrogens is 12. The van der Waals surface area contributed by atoms with E-state index in [0.29, 0.717) is 60.5 Å². The van der Waals surface area contributed by atoms with Crippen LogP contribution in [-0.4, -0.2) is 60.7 Å². The second kappa shape index (κ2) is 30.1. The number of aryl methyl sites for hydroxylation is 3. The fraction of sp³-hybridized carbons (Fsp3) is 0.111. The topological polar surface area (TPSA) is 214 Å². The maximum Gasteiger partial charge on any atom is 0.417 e. The van der Waals surface area contributed by atoms with E-state index in [9.17, 15) is 22.0 Å². The molecule has 0 aliphatic heterocycles. The lowest BCUT2D eigenvalue weighted by atomic mass is 10.0. The van der Waals surface area contributed by atoms with Gasteiger partial charge in [0.2, 0.25) is 0 Å². The summed E-state index contributed by atoms with van der Waals surface area (Å²) in [5.41, 5.74) is 11.7. The number of nitrogens with one attached hydrogen (secondary N) is 8. The van der Waals surface area contributed by atoms with Crippen molar-refractivity contribution < 1.29 is 22.0 Å². The highest BCUT2D eigenvalue weighted by molar-refractivity contribution is 6.34. The molecule has 0 radical (unpaired) electrons. The molecule has 8 aromatic heterocycles. The SMILES string of the molecule is Cc1cc(-c2ccccc2C(F)(F)F)nc(Nc2n[nH]c3ccc(F)cc23)c1C.Cc1cc(-c2ccccc2Cl)nc(Nc2n[nH]c3ccc(F)cc23)c1C.Cc1cc(Nc2nc(-c3ccccc3Cl)cc3ccccc23)n[nH]1.Clc1ccccc1-c1cc2ccccc2c(Nc2cc(C3CC3)[nH]n2)n1. The van der Waals surface area contributed by atoms with Crippen LogP contribution >= 0.6 is 34.8 Å². The minimum absolute atomic E-state index is 0.0101. The zero-order valence-electron chi connectivity index (χ0n) is 56.9. The Kier molecular flexibility index (Phi) is 20.1. The highest BCUT2D eigenvalue weighted by Crippen LogP contribution is 2.42. The van der Waals surface area contributed by atoms with E-state index in [4.69, 9.17) is 49.8 Å². The number of hydrogen-bond acceptors (Lipinski definition) is 12. The largest absolute Gasteiger partial charge is 0.417 e. The van der Waals surface area contributed by atoms with E-state index in [0.717, 1.165) is 118 Å². The molecule has 8 aromatic carbocycles. The van der Waals surface area contributed by atoms with Gasteiger partial charge in [-0.05, 0) is 165 Å². The molecule has 17 rings (SSSR count). The first kappa shape index (κ1) is 70.0. The first-order chi connectivity index (χ1) is 50.7. The molecular formula is C81H64Cl3F5N16. The van der Waals surface area contributed by atoms with Crippen LogP contribution in [0.2, 0.25) is 15.1 Å². The Morgan fingerprint density at radius 1 is 0.371 bits per heavy atom. The van der Waals surface area contributed by atoms with Crippen molar-refractivity contribution in [1.82, 2.24) is 60.7 Å². The number of rotatable bonds is 13. The van der Waals surface area contributed by atoms with Crippen molar-refractivity contribution in [3.8, 4) is 45.0 Å². The van der Waals surface area contributed by atoms with Gasteiger partial charge in [-0.3, -0.25) is 20.4 Å². The second-order valence-electron chi connectivity index (χ2n) is 25.2. The van der Waals surface area contributed by atoms with Crippen molar-refractivity contribution in [3.05, 3.63) is 284 Å². The van der Waals surface area contributed by atoms with Crippen LogP contribution in [0.15, 0.2) is 218 Å². The number of pyridine rings is 4. The van der Waals surface area contributed by atoms with Crippen molar-refractivity contribution in [2.75, 3.05) is 21.3 Å². The van der Waals surface area contributed by atoms with Crippen LogP contribution in [0, 0.1) is 46.3 Å². The van der Waals surface area contributed by atoms with Crippen LogP contribution in [-0.2, 0) is 6.18 Å². The Labute approximate surface area is 613 Å². The maximum atomic E-state index is 13.6. The Balaban J connectivity index is 0.000000118. The standard InChI is InChI=1S/C21H17ClN4.C21H16F4N4.C20H16ClFN4.C19H15ClN4/c22-17-8-4-3-7-16(17)19-11-14-5-1-2-6-15(14)21(23-19)24-20-12-18(25-26-20)13-9-10-13;1-11-9-18(14-5-3-4-6-16(14)21(23,24)25)26-19(12(11)2)27-20-15-10-13(22)7-8-17(15)28-29-20;1-11-9-18(14-5-3-4-6-16(14)21)23-19(12(11)2)24-20-15-10-13(22)7-8-17(15)25-26-20;1-12-10-18(24-23-12)22-19-14-7-3-2-6-13(14)11-17(21-19)15-8-4-5-9-16(15)20/h1-8,11-13H,9-10H2,(H2,23,24,25,26);3-10H,1-2H3,(H2,26,27,28,29);3-10H,1-2H3,(H2,23,24,25,26);2-11H,1H3,(H2,21,22,23,24). The lowest BCUT2D eigenvalue weighted by Crippen LogP contribution is -2.08. The van der Waals surface area contributed by atoms with E-state index in [1.165, 1.54) is 54.9 Å². The average Bonchev–Trinajstić information content (AvgIpc) is 1.18. The molecule has 0 spiro atoms. The van der Waals surface area contributed by atoms with E-state index < -0.39 is 17.6 Å². The molecule has 0 bridgehead atoms. The Bertz CT molecular complexity index is 5890. The Morgan fingerprint density at radius 2 is 0.771 bits per heavy atom. The van der Waals surface area contributed by atoms with Gasteiger partial charge < -0.3 is 21.3 Å². The average molecular weight is 1460 g/mol. The normalized spacial score (nSPS) is 11.9. The number of alkyl halides is 3. The maximum absolute atomic E-state index is 13.6. The number of nitrogens with zero attached hydrogens (tertiary/aromatic N) is 8. The summed E-state index contributed by atoms with van der Waals surface area (Å²) in [5, 5.41) is 49.2. The highest BCUT2D eigenvalue weighted by Gasteiger charge is 2.34. The van der Waals surface area contributed by atoms with Crippen molar-refractivity contribution in [2.24, 2.45) is 0 Å². The van der Waals surface area contributed by atoms with Gasteiger partial charge in [-0.25, -0.2) is 28.7 Å². The fourth-order valence-electron chi connectivity index (χ4n) is 11.9. The van der Waals surface area contributed by atoms with Gasteiger partial charge in [0.25, 0.3) is 0 Å². The predicted octanol–water partition coefficient (Wildman–Crippen LogP) is 23.2. The number of hydrogen-bond donors (Lipinski definition) is 8. The number of aromatic amines is 4. The van der Waals surface area contributed by atoms with Gasteiger partial charge in [0.05, 0.1) is 39.4 Å². The third-order valence-corrected chi connectivity index (χ3v) is 18.8. The van der Waals surface area contributed by atoms with Crippen LogP contribution in [0.3, 0.4) is 0 Å². The zero-order valence-corrected chi connectivity index (χ0v) is 59.1. The molecule has 0 unspecified atom stereocenters. The van der Waals surface area contributed by atoms with Crippen LogP contribution in [0.5, 0.6) is 0 Å². The van der Waals surface area contributed by atoms with Gasteiger partial charge in [-0.2, -0.15) is 33.6 Å². The van der Waals surface area contributed by atoms with E-state index in [2.05, 4.69) is 103 Å². The monoisotopic (exact) mass is 1460 g/mol. The van der Waals surface area contributed by atoms with Gasteiger partial charge in [-0.15, -0.1) is 0 Å². The first-order valence-corrected chi connectivity index (χ1v) is 34.5. The molecule has 1 fully saturated rings. The zero-order chi connectivity index (χ0) is 73.0. The molecular weight excluding hydrogens is 1400 g/mol. The number of H-pyrrole nitrogens is 4. The lowest BCUT2D eigenvalue weighted by molar-refractivity contribution is -0.137. The van der Waals surface area contributed by atoms with Crippen molar-refractivity contribution in [2.45, 2.75) is 59.6 Å². The number of fused-ring (bicyclic) bond motifs is 4. The molecule has 0 atom stereocenters. The third kappa shape index (κ3) is 15.8. The predicted molar refractivity (Wildman–Crippen MR) is 412 cm³/mol. The van der Waals surface area contributed by atoms with Crippen LogP contribution in [0.25, 0.3) is 88.4 Å². The molecule has 8 heterocycles. The van der Waals surface area contributed by atoms with E-state index in [1.54, 1.807) is 38.1 Å². The molecule has 524 valence electrons. The minimum atomic E-state index is -4.50. The van der Waals surface area contributed by atoms with Gasteiger partial charge >= 0.3 is 6.18 Å². The lowest BCUT2D eigenvalue weighted by Gasteiger charge is -2.16. The first-order valence-electron chi connectivity index (χ1n) is 33.3. The summed E-state index contributed by atoms with van der Waals surface area (Å²) in [6.07, 6.45) is -2.02. The summed E-state index contributed by atoms with van der Waals surface area (Å²) in [4.78, 5) is 18.8. The van der Waals surface area contributed by atoms with Crippen molar-refractivity contribution in [3.63, 3.8) is 0 Å². The quantitative estimate of drug-likeness (QED) is 0.0506. The molecule has 0 amide bonds. The number of anilines is 8. The van der Waals surface area contributed by atoms with Crippen molar-refractivity contribution in [1.29, 1.82) is 0 Å². The van der Waals surface area contributed by atoms with Crippen LogP contribution in [0.4, 0.5) is 68.5 Å². The summed E-state index contributed by atoms with van der Waals surface area (Å²) in [6, 6.07) is 65.2.